The van der Waals surface area contributed by atoms with E-state index >= 15 is 0 Å². The summed E-state index contributed by atoms with van der Waals surface area (Å²) in [7, 11) is 7.87. The van der Waals surface area contributed by atoms with E-state index in [-0.39, 0.29) is 5.75 Å². The molecule has 3 aromatic carbocycles. The minimum atomic E-state index is -0.544. The van der Waals surface area contributed by atoms with Crippen molar-refractivity contribution in [1.29, 1.82) is 0 Å². The fourth-order valence-corrected chi connectivity index (χ4v) is 5.15. The van der Waals surface area contributed by atoms with Gasteiger partial charge in [0.05, 0.1) is 35.5 Å². The van der Waals surface area contributed by atoms with Crippen molar-refractivity contribution >= 4 is 12.0 Å². The van der Waals surface area contributed by atoms with Crippen LogP contribution in [-0.4, -0.2) is 41.5 Å². The first-order chi connectivity index (χ1) is 18.9. The number of carbonyl (C=O) groups is 1. The van der Waals surface area contributed by atoms with Gasteiger partial charge in [-0.25, -0.2) is 4.79 Å². The first-order valence-electron chi connectivity index (χ1n) is 12.9. The molecule has 0 unspecified atom stereocenters. The molecule has 0 N–H and O–H groups in total. The molecule has 0 saturated heterocycles. The Kier molecular flexibility index (Phi) is 8.69. The number of ether oxygens (including phenoxy) is 6. The lowest BCUT2D eigenvalue weighted by molar-refractivity contribution is -0.129. The van der Waals surface area contributed by atoms with Crippen LogP contribution in [0.2, 0.25) is 0 Å². The highest BCUT2D eigenvalue weighted by atomic mass is 16.6. The third-order valence-corrected chi connectivity index (χ3v) is 7.34. The van der Waals surface area contributed by atoms with Crippen LogP contribution in [0, 0.1) is 11.8 Å². The average Bonchev–Trinajstić information content (AvgIpc) is 2.95. The molecule has 1 aliphatic rings. The van der Waals surface area contributed by atoms with Crippen LogP contribution in [0.1, 0.15) is 30.5 Å². The minimum absolute atomic E-state index is 0.267. The lowest BCUT2D eigenvalue weighted by Crippen LogP contribution is -2.19. The van der Waals surface area contributed by atoms with Crippen LogP contribution in [0.15, 0.2) is 48.5 Å². The van der Waals surface area contributed by atoms with E-state index in [4.69, 9.17) is 28.4 Å². The summed E-state index contributed by atoms with van der Waals surface area (Å²) in [5.41, 5.74) is 4.32. The minimum Gasteiger partial charge on any atom is -0.493 e. The van der Waals surface area contributed by atoms with Gasteiger partial charge in [-0.1, -0.05) is 44.2 Å². The van der Waals surface area contributed by atoms with Crippen LogP contribution in [0.4, 0.5) is 0 Å². The molecule has 0 amide bonds. The normalized spacial score (nSPS) is 16.4. The van der Waals surface area contributed by atoms with Crippen LogP contribution < -0.4 is 28.4 Å². The van der Waals surface area contributed by atoms with E-state index in [2.05, 4.69) is 13.8 Å². The van der Waals surface area contributed by atoms with E-state index < -0.39 is 5.97 Å². The van der Waals surface area contributed by atoms with E-state index in [9.17, 15) is 4.79 Å². The number of hydrogen-bond donors (Lipinski definition) is 0. The lowest BCUT2D eigenvalue weighted by atomic mass is 9.77. The monoisotopic (exact) mass is 532 g/mol. The highest BCUT2D eigenvalue weighted by molar-refractivity contribution is 5.94. The van der Waals surface area contributed by atoms with Crippen molar-refractivity contribution in [3.8, 4) is 45.6 Å². The number of carbonyl (C=O) groups excluding carboxylic acids is 1. The third kappa shape index (κ3) is 5.53. The summed E-state index contributed by atoms with van der Waals surface area (Å²) >= 11 is 0. The Morgan fingerprint density at radius 1 is 0.692 bits per heavy atom. The Hall–Kier alpha value is -4.13. The molecule has 0 aliphatic heterocycles. The third-order valence-electron chi connectivity index (χ3n) is 7.34. The molecule has 7 nitrogen and oxygen atoms in total. The van der Waals surface area contributed by atoms with Gasteiger partial charge in [-0.15, -0.1) is 0 Å². The molecular weight excluding hydrogens is 496 g/mol. The SMILES string of the molecule is COc1cc2c(c(OC)c1OC)-c1c(cc(OC)c(OC)c1OC(=O)/C=C/c1ccccc1)C[C@H](C)[C@H](C)C2. The second-order valence-electron chi connectivity index (χ2n) is 9.68. The van der Waals surface area contributed by atoms with Crippen LogP contribution >= 0.6 is 0 Å². The first kappa shape index (κ1) is 27.9. The Bertz CT molecular complexity index is 1360. The molecule has 0 fully saturated rings. The summed E-state index contributed by atoms with van der Waals surface area (Å²) < 4.78 is 34.9. The molecule has 2 atom stereocenters. The van der Waals surface area contributed by atoms with Crippen molar-refractivity contribution in [2.75, 3.05) is 35.5 Å². The Labute approximate surface area is 230 Å². The van der Waals surface area contributed by atoms with Crippen molar-refractivity contribution in [2.24, 2.45) is 11.8 Å². The summed E-state index contributed by atoms with van der Waals surface area (Å²) in [5, 5.41) is 0. The molecule has 39 heavy (non-hydrogen) atoms. The Morgan fingerprint density at radius 2 is 1.18 bits per heavy atom. The molecule has 0 saturated carbocycles. The molecule has 0 heterocycles. The van der Waals surface area contributed by atoms with Gasteiger partial charge in [0, 0.05) is 17.2 Å². The van der Waals surface area contributed by atoms with Gasteiger partial charge in [-0.05, 0) is 59.6 Å². The maximum absolute atomic E-state index is 13.2. The second kappa shape index (κ2) is 12.2. The van der Waals surface area contributed by atoms with E-state index in [1.807, 2.05) is 42.5 Å². The second-order valence-corrected chi connectivity index (χ2v) is 9.68. The van der Waals surface area contributed by atoms with Gasteiger partial charge >= 0.3 is 5.97 Å². The van der Waals surface area contributed by atoms with Crippen LogP contribution in [0.5, 0.6) is 34.5 Å². The van der Waals surface area contributed by atoms with Crippen molar-refractivity contribution in [1.82, 2.24) is 0 Å². The van der Waals surface area contributed by atoms with E-state index in [1.165, 1.54) is 13.2 Å². The lowest BCUT2D eigenvalue weighted by Gasteiger charge is -2.30. The van der Waals surface area contributed by atoms with Crippen LogP contribution in [-0.2, 0) is 17.6 Å². The van der Waals surface area contributed by atoms with Gasteiger partial charge in [0.15, 0.2) is 23.0 Å². The molecule has 4 rings (SSSR count). The zero-order chi connectivity index (χ0) is 28.1. The highest BCUT2D eigenvalue weighted by Crippen LogP contribution is 2.55. The topological polar surface area (TPSA) is 72.5 Å². The molecule has 7 heteroatoms. The molecule has 0 aromatic heterocycles. The largest absolute Gasteiger partial charge is 0.493 e. The standard InChI is InChI=1S/C32H36O7/c1-19-15-22-17-24(34-3)29(36-5)31(38-7)27(22)28-23(16-20(19)2)18-25(35-4)30(37-6)32(28)39-26(33)14-13-21-11-9-8-10-12-21/h8-14,17-20H,15-16H2,1-7H3/b14-13+/t19-,20+/m1/s1. The highest BCUT2D eigenvalue weighted by Gasteiger charge is 2.33. The predicted octanol–water partition coefficient (Wildman–Crippen LogP) is 6.39. The van der Waals surface area contributed by atoms with Crippen molar-refractivity contribution in [3.05, 3.63) is 65.2 Å². The van der Waals surface area contributed by atoms with Crippen LogP contribution in [0.3, 0.4) is 0 Å². The molecule has 206 valence electrons. The van der Waals surface area contributed by atoms with Gasteiger partial charge in [-0.2, -0.15) is 0 Å². The molecule has 0 spiro atoms. The van der Waals surface area contributed by atoms with Gasteiger partial charge in [0.2, 0.25) is 11.5 Å². The smallest absolute Gasteiger partial charge is 0.336 e. The maximum Gasteiger partial charge on any atom is 0.336 e. The molecule has 0 bridgehead atoms. The molecule has 1 aliphatic carbocycles. The zero-order valence-corrected chi connectivity index (χ0v) is 23.6. The summed E-state index contributed by atoms with van der Waals surface area (Å²) in [5.74, 6) is 2.73. The molecule has 3 aromatic rings. The number of hydrogen-bond acceptors (Lipinski definition) is 7. The van der Waals surface area contributed by atoms with Gasteiger partial charge < -0.3 is 28.4 Å². The summed E-state index contributed by atoms with van der Waals surface area (Å²) in [6, 6.07) is 13.5. The number of rotatable bonds is 8. The summed E-state index contributed by atoms with van der Waals surface area (Å²) in [6.45, 7) is 4.46. The fraction of sp³-hybridized carbons (Fsp3) is 0.344. The van der Waals surface area contributed by atoms with Crippen molar-refractivity contribution in [3.63, 3.8) is 0 Å². The van der Waals surface area contributed by atoms with E-state index in [0.717, 1.165) is 35.1 Å². The van der Waals surface area contributed by atoms with E-state index in [1.54, 1.807) is 34.5 Å². The zero-order valence-electron chi connectivity index (χ0n) is 23.6. The summed E-state index contributed by atoms with van der Waals surface area (Å²) in [6.07, 6.45) is 4.62. The predicted molar refractivity (Wildman–Crippen MR) is 151 cm³/mol. The average molecular weight is 533 g/mol. The van der Waals surface area contributed by atoms with Crippen molar-refractivity contribution in [2.45, 2.75) is 26.7 Å². The number of fused-ring (bicyclic) bond motifs is 3. The quantitative estimate of drug-likeness (QED) is 0.189. The molecule has 0 radical (unpaired) electrons. The van der Waals surface area contributed by atoms with Crippen molar-refractivity contribution < 1.29 is 33.2 Å². The number of esters is 1. The van der Waals surface area contributed by atoms with Gasteiger partial charge in [-0.3, -0.25) is 0 Å². The fourth-order valence-electron chi connectivity index (χ4n) is 5.15. The molecular formula is C32H36O7. The van der Waals surface area contributed by atoms with Crippen LogP contribution in [0.25, 0.3) is 17.2 Å². The van der Waals surface area contributed by atoms with Gasteiger partial charge in [0.1, 0.15) is 0 Å². The van der Waals surface area contributed by atoms with Gasteiger partial charge in [0.25, 0.3) is 0 Å². The first-order valence-corrected chi connectivity index (χ1v) is 12.9. The Balaban J connectivity index is 2.01. The number of methoxy groups -OCH3 is 5. The number of benzene rings is 3. The summed E-state index contributed by atoms with van der Waals surface area (Å²) in [4.78, 5) is 13.2. The maximum atomic E-state index is 13.2. The Morgan fingerprint density at radius 3 is 1.67 bits per heavy atom. The van der Waals surface area contributed by atoms with E-state index in [0.29, 0.717) is 46.1 Å².